The molecule has 0 aromatic heterocycles. The van der Waals surface area contributed by atoms with E-state index in [9.17, 15) is 0 Å². The fourth-order valence-corrected chi connectivity index (χ4v) is 6.40. The van der Waals surface area contributed by atoms with Crippen LogP contribution in [0, 0.1) is 5.92 Å². The fourth-order valence-electron chi connectivity index (χ4n) is 4.36. The molecule has 2 atom stereocenters. The molecule has 0 nitrogen and oxygen atoms in total. The Balaban J connectivity index is 2.13. The Bertz CT molecular complexity index is 598. The second kappa shape index (κ2) is 5.36. The van der Waals surface area contributed by atoms with Crippen molar-refractivity contribution in [2.75, 3.05) is 0 Å². The van der Waals surface area contributed by atoms with Crippen LogP contribution in [-0.2, 0) is 24.7 Å². The average molecular weight is 361 g/mol. The summed E-state index contributed by atoms with van der Waals surface area (Å²) in [4.78, 5) is 0. The van der Waals surface area contributed by atoms with Gasteiger partial charge in [-0.05, 0) is 0 Å². The number of hydrogen-bond donors (Lipinski definition) is 0. The summed E-state index contributed by atoms with van der Waals surface area (Å²) in [5, 5.41) is 0. The fraction of sp³-hybridized carbons (Fsp3) is 0.556. The molecule has 0 N–H and O–H groups in total. The third kappa shape index (κ3) is 2.02. The maximum absolute atomic E-state index is 2.43. The van der Waals surface area contributed by atoms with Crippen molar-refractivity contribution in [3.05, 3.63) is 42.3 Å². The van der Waals surface area contributed by atoms with E-state index in [0.717, 1.165) is 5.54 Å². The first-order valence-corrected chi connectivity index (χ1v) is 10.4. The molecule has 0 heterocycles. The number of fused-ring (bicyclic) bond motifs is 1. The van der Waals surface area contributed by atoms with Gasteiger partial charge in [0.25, 0.3) is 0 Å². The Labute approximate surface area is 141 Å². The molecule has 0 saturated heterocycles. The molecule has 0 aromatic rings. The maximum atomic E-state index is 2.43. The van der Waals surface area contributed by atoms with Crippen LogP contribution in [0.3, 0.4) is 0 Å². The topological polar surface area (TPSA) is 0 Å². The van der Waals surface area contributed by atoms with Gasteiger partial charge >= 0.3 is 142 Å². The van der Waals surface area contributed by atoms with Gasteiger partial charge in [0.1, 0.15) is 0 Å². The van der Waals surface area contributed by atoms with Crippen molar-refractivity contribution in [1.29, 1.82) is 0 Å². The van der Waals surface area contributed by atoms with Gasteiger partial charge in [0.05, 0.1) is 0 Å². The summed E-state index contributed by atoms with van der Waals surface area (Å²) in [6.45, 7) is 9.45. The van der Waals surface area contributed by atoms with E-state index in [1.807, 2.05) is 3.28 Å². The standard InChI is InChI=1S/C18H25Si.Zr/c1-10-11(2)13(4)17(12(10)3)18-15-8-6-5-7-14(15)9-16(18)19;/h12,16H,5-8H2,1-4,19H3;. The number of hydrogen-bond acceptors (Lipinski definition) is 0. The van der Waals surface area contributed by atoms with Crippen LogP contribution in [0.4, 0.5) is 0 Å². The van der Waals surface area contributed by atoms with E-state index in [2.05, 4.69) is 27.7 Å². The van der Waals surface area contributed by atoms with Gasteiger partial charge in [-0.1, -0.05) is 0 Å². The first kappa shape index (κ1) is 15.0. The van der Waals surface area contributed by atoms with E-state index in [1.165, 1.54) is 35.9 Å². The van der Waals surface area contributed by atoms with Gasteiger partial charge in [0, 0.05) is 0 Å². The molecule has 0 aliphatic heterocycles. The monoisotopic (exact) mass is 359 g/mol. The zero-order valence-corrected chi connectivity index (χ0v) is 17.9. The van der Waals surface area contributed by atoms with Crippen LogP contribution in [0.1, 0.15) is 53.4 Å². The molecule has 0 spiro atoms. The molecule has 0 aromatic carbocycles. The van der Waals surface area contributed by atoms with Crippen LogP contribution < -0.4 is 0 Å². The SMILES string of the molecule is CC1=C(C)C(C)C(C2=C3CCCCC3=[C]([Zr])C2[SiH3])=C1C. The first-order valence-electron chi connectivity index (χ1n) is 8.02. The van der Waals surface area contributed by atoms with Crippen molar-refractivity contribution in [3.63, 3.8) is 0 Å². The summed E-state index contributed by atoms with van der Waals surface area (Å²) < 4.78 is 1.81. The molecule has 0 amide bonds. The van der Waals surface area contributed by atoms with Crippen LogP contribution >= 0.6 is 0 Å². The zero-order chi connectivity index (χ0) is 14.6. The van der Waals surface area contributed by atoms with E-state index in [4.69, 9.17) is 0 Å². The van der Waals surface area contributed by atoms with Gasteiger partial charge in [0.2, 0.25) is 0 Å². The number of rotatable bonds is 1. The van der Waals surface area contributed by atoms with Crippen molar-refractivity contribution in [2.24, 2.45) is 5.92 Å². The minimum atomic E-state index is 0.652. The Morgan fingerprint density at radius 3 is 2.10 bits per heavy atom. The number of allylic oxidation sites excluding steroid dienone is 8. The average Bonchev–Trinajstić information content (AvgIpc) is 2.80. The summed E-state index contributed by atoms with van der Waals surface area (Å²) >= 11 is 1.68. The van der Waals surface area contributed by atoms with Gasteiger partial charge < -0.3 is 0 Å². The first-order chi connectivity index (χ1) is 9.45. The zero-order valence-electron chi connectivity index (χ0n) is 13.5. The van der Waals surface area contributed by atoms with E-state index < -0.39 is 0 Å². The summed E-state index contributed by atoms with van der Waals surface area (Å²) in [7, 11) is 1.29. The molecule has 3 aliphatic rings. The quantitative estimate of drug-likeness (QED) is 0.617. The molecule has 3 rings (SSSR count). The summed E-state index contributed by atoms with van der Waals surface area (Å²) in [5.74, 6) is 0.652. The summed E-state index contributed by atoms with van der Waals surface area (Å²) in [5.41, 5.74) is 12.7. The molecule has 20 heavy (non-hydrogen) atoms. The van der Waals surface area contributed by atoms with Crippen LogP contribution in [-0.4, -0.2) is 10.2 Å². The van der Waals surface area contributed by atoms with E-state index in [0.29, 0.717) is 5.92 Å². The Morgan fingerprint density at radius 1 is 0.950 bits per heavy atom. The van der Waals surface area contributed by atoms with Crippen molar-refractivity contribution in [1.82, 2.24) is 0 Å². The van der Waals surface area contributed by atoms with Crippen LogP contribution in [0.5, 0.6) is 0 Å². The van der Waals surface area contributed by atoms with Gasteiger partial charge in [0.15, 0.2) is 0 Å². The Morgan fingerprint density at radius 2 is 1.55 bits per heavy atom. The van der Waals surface area contributed by atoms with Crippen molar-refractivity contribution in [3.8, 4) is 0 Å². The summed E-state index contributed by atoms with van der Waals surface area (Å²) in [6, 6.07) is 0. The van der Waals surface area contributed by atoms with Crippen LogP contribution in [0.2, 0.25) is 5.54 Å². The molecule has 2 heteroatoms. The van der Waals surface area contributed by atoms with Gasteiger partial charge in [-0.2, -0.15) is 0 Å². The minimum absolute atomic E-state index is 0.652. The molecule has 2 unspecified atom stereocenters. The van der Waals surface area contributed by atoms with Crippen molar-refractivity contribution in [2.45, 2.75) is 58.9 Å². The van der Waals surface area contributed by atoms with Crippen LogP contribution in [0.15, 0.2) is 42.3 Å². The van der Waals surface area contributed by atoms with Gasteiger partial charge in [-0.3, -0.25) is 0 Å². The van der Waals surface area contributed by atoms with Crippen LogP contribution in [0.25, 0.3) is 0 Å². The van der Waals surface area contributed by atoms with Crippen molar-refractivity contribution >= 4 is 10.2 Å². The Hall–Kier alpha value is 0.0600. The molecule has 1 fully saturated rings. The third-order valence-corrected chi connectivity index (χ3v) is 10.3. The molecular weight excluding hydrogens is 336 g/mol. The van der Waals surface area contributed by atoms with E-state index in [-0.39, 0.29) is 0 Å². The van der Waals surface area contributed by atoms with Crippen molar-refractivity contribution < 1.29 is 24.7 Å². The van der Waals surface area contributed by atoms with E-state index in [1.54, 1.807) is 63.7 Å². The summed E-state index contributed by atoms with van der Waals surface area (Å²) in [6.07, 6.45) is 5.54. The molecule has 105 valence electrons. The predicted octanol–water partition coefficient (Wildman–Crippen LogP) is 4.13. The van der Waals surface area contributed by atoms with E-state index >= 15 is 0 Å². The second-order valence-corrected chi connectivity index (χ2v) is 9.26. The van der Waals surface area contributed by atoms with Gasteiger partial charge in [-0.25, -0.2) is 0 Å². The molecule has 1 saturated carbocycles. The molecular formula is C18H25SiZr. The molecule has 3 aliphatic carbocycles. The Kier molecular flexibility index (Phi) is 4.01. The third-order valence-electron chi connectivity index (χ3n) is 5.91. The second-order valence-electron chi connectivity index (χ2n) is 6.78. The predicted molar refractivity (Wildman–Crippen MR) is 86.4 cm³/mol. The van der Waals surface area contributed by atoms with Gasteiger partial charge in [-0.15, -0.1) is 0 Å². The molecule has 0 bridgehead atoms. The normalized spacial score (nSPS) is 30.9. The molecule has 0 radical (unpaired) electrons.